The summed E-state index contributed by atoms with van der Waals surface area (Å²) in [7, 11) is 1.61. The number of hydrogen-bond donors (Lipinski definition) is 0. The van der Waals surface area contributed by atoms with E-state index in [9.17, 15) is 4.39 Å². The van der Waals surface area contributed by atoms with Crippen LogP contribution >= 0.6 is 0 Å². The quantitative estimate of drug-likeness (QED) is 0.649. The van der Waals surface area contributed by atoms with Crippen LogP contribution in [0.4, 0.5) is 4.39 Å². The Bertz CT molecular complexity index is 287. The van der Waals surface area contributed by atoms with E-state index in [4.69, 9.17) is 4.74 Å². The van der Waals surface area contributed by atoms with E-state index in [0.717, 1.165) is 17.6 Å². The van der Waals surface area contributed by atoms with Gasteiger partial charge in [-0.2, -0.15) is 0 Å². The summed E-state index contributed by atoms with van der Waals surface area (Å²) in [5.41, 5.74) is 2.08. The molecule has 1 aromatic carbocycles. The van der Waals surface area contributed by atoms with Crippen molar-refractivity contribution in [2.45, 2.75) is 13.3 Å². The first kappa shape index (κ1) is 9.78. The monoisotopic (exact) mass is 180 g/mol. The molecule has 0 radical (unpaired) electrons. The van der Waals surface area contributed by atoms with Gasteiger partial charge in [0.05, 0.1) is 13.4 Å². The maximum Gasteiger partial charge on any atom is 0.123 e. The zero-order valence-electron chi connectivity index (χ0n) is 7.88. The lowest BCUT2D eigenvalue weighted by Crippen LogP contribution is -1.84. The van der Waals surface area contributed by atoms with Gasteiger partial charge < -0.3 is 4.74 Å². The van der Waals surface area contributed by atoms with Crippen molar-refractivity contribution in [3.63, 3.8) is 0 Å². The number of halogens is 1. The molecule has 1 rings (SSSR count). The highest BCUT2D eigenvalue weighted by atomic mass is 19.1. The molecule has 0 atom stereocenters. The first-order chi connectivity index (χ1) is 6.27. The molecule has 0 N–H and O–H groups in total. The van der Waals surface area contributed by atoms with Crippen LogP contribution in [-0.2, 0) is 4.74 Å². The maximum atomic E-state index is 12.6. The highest BCUT2D eigenvalue weighted by Gasteiger charge is 1.98. The topological polar surface area (TPSA) is 9.23 Å². The molecule has 2 heteroatoms. The third kappa shape index (κ3) is 2.58. The smallest absolute Gasteiger partial charge is 0.123 e. The number of hydrogen-bond acceptors (Lipinski definition) is 1. The first-order valence-electron chi connectivity index (χ1n) is 4.25. The van der Waals surface area contributed by atoms with E-state index in [-0.39, 0.29) is 5.82 Å². The lowest BCUT2D eigenvalue weighted by atomic mass is 10.1. The molecule has 1 nitrogen and oxygen atoms in total. The zero-order valence-corrected chi connectivity index (χ0v) is 7.88. The van der Waals surface area contributed by atoms with E-state index in [2.05, 4.69) is 0 Å². The number of rotatable bonds is 3. The molecule has 0 saturated carbocycles. The van der Waals surface area contributed by atoms with Crippen molar-refractivity contribution in [3.8, 4) is 0 Å². The fourth-order valence-corrected chi connectivity index (χ4v) is 1.16. The number of ether oxygens (including phenoxy) is 1. The molecule has 0 spiro atoms. The maximum absolute atomic E-state index is 12.6. The van der Waals surface area contributed by atoms with Gasteiger partial charge >= 0.3 is 0 Å². The summed E-state index contributed by atoms with van der Waals surface area (Å²) in [6.07, 6.45) is 2.56. The molecule has 0 fully saturated rings. The molecule has 0 heterocycles. The molecule has 0 aliphatic carbocycles. The number of allylic oxidation sites excluding steroid dienone is 1. The second kappa shape index (κ2) is 4.65. The molecule has 0 aromatic heterocycles. The van der Waals surface area contributed by atoms with Crippen molar-refractivity contribution >= 4 is 5.57 Å². The Balaban J connectivity index is 2.92. The van der Waals surface area contributed by atoms with Crippen LogP contribution in [0.15, 0.2) is 30.5 Å². The van der Waals surface area contributed by atoms with Crippen LogP contribution in [0.1, 0.15) is 18.9 Å². The van der Waals surface area contributed by atoms with Gasteiger partial charge in [0.1, 0.15) is 5.82 Å². The van der Waals surface area contributed by atoms with Crippen molar-refractivity contribution in [1.82, 2.24) is 0 Å². The number of benzene rings is 1. The average molecular weight is 180 g/mol. The molecular formula is C11H13FO. The Morgan fingerprint density at radius 1 is 1.38 bits per heavy atom. The number of methoxy groups -OCH3 is 1. The van der Waals surface area contributed by atoms with E-state index in [1.54, 1.807) is 25.5 Å². The lowest BCUT2D eigenvalue weighted by Gasteiger charge is -2.03. The molecule has 0 unspecified atom stereocenters. The summed E-state index contributed by atoms with van der Waals surface area (Å²) in [5.74, 6) is -0.211. The van der Waals surface area contributed by atoms with Crippen LogP contribution in [0.2, 0.25) is 0 Å². The van der Waals surface area contributed by atoms with Gasteiger partial charge in [-0.15, -0.1) is 0 Å². The van der Waals surface area contributed by atoms with Crippen molar-refractivity contribution < 1.29 is 9.13 Å². The van der Waals surface area contributed by atoms with Gasteiger partial charge in [-0.1, -0.05) is 19.1 Å². The summed E-state index contributed by atoms with van der Waals surface area (Å²) >= 11 is 0. The summed E-state index contributed by atoms with van der Waals surface area (Å²) in [4.78, 5) is 0. The van der Waals surface area contributed by atoms with Crippen LogP contribution in [0, 0.1) is 5.82 Å². The van der Waals surface area contributed by atoms with Crippen LogP contribution < -0.4 is 0 Å². The van der Waals surface area contributed by atoms with Crippen molar-refractivity contribution in [3.05, 3.63) is 41.9 Å². The van der Waals surface area contributed by atoms with E-state index in [1.807, 2.05) is 6.92 Å². The van der Waals surface area contributed by atoms with Gasteiger partial charge in [-0.05, 0) is 29.7 Å². The molecule has 70 valence electrons. The van der Waals surface area contributed by atoms with Gasteiger partial charge in [0.25, 0.3) is 0 Å². The third-order valence-electron chi connectivity index (χ3n) is 1.86. The molecule has 0 amide bonds. The predicted molar refractivity (Wildman–Crippen MR) is 51.7 cm³/mol. The highest BCUT2D eigenvalue weighted by Crippen LogP contribution is 2.17. The molecular weight excluding hydrogens is 167 g/mol. The fourth-order valence-electron chi connectivity index (χ4n) is 1.16. The molecule has 1 aromatic rings. The molecule has 0 aliphatic heterocycles. The minimum absolute atomic E-state index is 0.211. The summed E-state index contributed by atoms with van der Waals surface area (Å²) in [5, 5.41) is 0. The Morgan fingerprint density at radius 2 is 2.00 bits per heavy atom. The first-order valence-corrected chi connectivity index (χ1v) is 4.25. The van der Waals surface area contributed by atoms with Crippen molar-refractivity contribution in [2.24, 2.45) is 0 Å². The second-order valence-electron chi connectivity index (χ2n) is 2.74. The minimum atomic E-state index is -0.211. The largest absolute Gasteiger partial charge is 0.504 e. The second-order valence-corrected chi connectivity index (χ2v) is 2.74. The molecule has 0 saturated heterocycles. The van der Waals surface area contributed by atoms with E-state index >= 15 is 0 Å². The van der Waals surface area contributed by atoms with Gasteiger partial charge in [-0.3, -0.25) is 0 Å². The Labute approximate surface area is 77.8 Å². The van der Waals surface area contributed by atoms with E-state index in [1.165, 1.54) is 12.1 Å². The molecule has 0 bridgehead atoms. The highest BCUT2D eigenvalue weighted by molar-refractivity contribution is 5.64. The van der Waals surface area contributed by atoms with Gasteiger partial charge in [0.15, 0.2) is 0 Å². The Morgan fingerprint density at radius 3 is 2.46 bits per heavy atom. The molecule has 0 aliphatic rings. The fraction of sp³-hybridized carbons (Fsp3) is 0.273. The summed E-state index contributed by atoms with van der Waals surface area (Å²) in [6.45, 7) is 2.04. The zero-order chi connectivity index (χ0) is 9.68. The van der Waals surface area contributed by atoms with Crippen molar-refractivity contribution in [1.29, 1.82) is 0 Å². The summed E-state index contributed by atoms with van der Waals surface area (Å²) < 4.78 is 17.5. The standard InChI is InChI=1S/C11H13FO/c1-3-9(8-13-2)10-4-6-11(12)7-5-10/h4-8H,3H2,1-2H3. The van der Waals surface area contributed by atoms with Gasteiger partial charge in [0.2, 0.25) is 0 Å². The van der Waals surface area contributed by atoms with E-state index in [0.29, 0.717) is 0 Å². The van der Waals surface area contributed by atoms with Crippen LogP contribution in [0.5, 0.6) is 0 Å². The van der Waals surface area contributed by atoms with Gasteiger partial charge in [0, 0.05) is 0 Å². The Kier molecular flexibility index (Phi) is 3.50. The SMILES string of the molecule is CCC(=COC)c1ccc(F)cc1. The lowest BCUT2D eigenvalue weighted by molar-refractivity contribution is 0.339. The Hall–Kier alpha value is -1.31. The average Bonchev–Trinajstić information content (AvgIpc) is 2.16. The normalized spacial score (nSPS) is 11.5. The third-order valence-corrected chi connectivity index (χ3v) is 1.86. The van der Waals surface area contributed by atoms with Crippen LogP contribution in [-0.4, -0.2) is 7.11 Å². The van der Waals surface area contributed by atoms with Crippen molar-refractivity contribution in [2.75, 3.05) is 7.11 Å². The van der Waals surface area contributed by atoms with Gasteiger partial charge in [-0.25, -0.2) is 4.39 Å². The minimum Gasteiger partial charge on any atom is -0.504 e. The summed E-state index contributed by atoms with van der Waals surface area (Å²) in [6, 6.07) is 6.41. The predicted octanol–water partition coefficient (Wildman–Crippen LogP) is 3.22. The van der Waals surface area contributed by atoms with Crippen LogP contribution in [0.25, 0.3) is 5.57 Å². The van der Waals surface area contributed by atoms with Crippen LogP contribution in [0.3, 0.4) is 0 Å². The van der Waals surface area contributed by atoms with E-state index < -0.39 is 0 Å². The molecule has 13 heavy (non-hydrogen) atoms.